The Bertz CT molecular complexity index is 1920. The number of thiazole rings is 1. The molecule has 5 aromatic rings. The highest BCUT2D eigenvalue weighted by Crippen LogP contribution is 2.39. The number of halogens is 1. The van der Waals surface area contributed by atoms with Gasteiger partial charge in [0.2, 0.25) is 0 Å². The van der Waals surface area contributed by atoms with Gasteiger partial charge in [0.05, 0.1) is 5.69 Å². The lowest BCUT2D eigenvalue weighted by atomic mass is 9.95. The van der Waals surface area contributed by atoms with E-state index in [9.17, 15) is 19.6 Å². The van der Waals surface area contributed by atoms with E-state index in [4.69, 9.17) is 9.97 Å². The Balaban J connectivity index is 1.13. The predicted molar refractivity (Wildman–Crippen MR) is 164 cm³/mol. The summed E-state index contributed by atoms with van der Waals surface area (Å²) in [6.07, 6.45) is 8.12. The molecule has 12 heteroatoms. The first-order valence-corrected chi connectivity index (χ1v) is 15.3. The summed E-state index contributed by atoms with van der Waals surface area (Å²) in [5.74, 6) is 1.36. The first-order chi connectivity index (χ1) is 21.3. The highest BCUT2D eigenvalue weighted by Gasteiger charge is 2.52. The number of pyridine rings is 1. The van der Waals surface area contributed by atoms with Gasteiger partial charge in [0.25, 0.3) is 5.91 Å². The number of carbonyl (C=O) groups is 1. The molecule has 44 heavy (non-hydrogen) atoms. The Hall–Kier alpha value is -4.73. The van der Waals surface area contributed by atoms with Gasteiger partial charge in [-0.05, 0) is 55.7 Å². The Morgan fingerprint density at radius 3 is 2.48 bits per heavy atom. The molecule has 0 atom stereocenters. The number of rotatable bonds is 8. The van der Waals surface area contributed by atoms with Crippen LogP contribution in [0.2, 0.25) is 0 Å². The number of aromatic nitrogens is 5. The highest BCUT2D eigenvalue weighted by molar-refractivity contribution is 7.16. The quantitative estimate of drug-likeness (QED) is 0.267. The van der Waals surface area contributed by atoms with E-state index in [1.807, 2.05) is 54.0 Å². The average molecular weight is 609 g/mol. The summed E-state index contributed by atoms with van der Waals surface area (Å²) in [4.78, 5) is 35.2. The molecule has 0 unspecified atom stereocenters. The fraction of sp³-hybridized carbons (Fsp3) is 0.312. The molecule has 0 bridgehead atoms. The van der Waals surface area contributed by atoms with Crippen LogP contribution >= 0.6 is 11.3 Å². The number of anilines is 2. The molecule has 1 N–H and O–H groups in total. The lowest BCUT2D eigenvalue weighted by molar-refractivity contribution is -0.149. The summed E-state index contributed by atoms with van der Waals surface area (Å²) < 4.78 is 15.5. The second kappa shape index (κ2) is 10.8. The number of amides is 1. The van der Waals surface area contributed by atoms with E-state index >= 15 is 0 Å². The molecule has 222 valence electrons. The molecule has 2 fully saturated rings. The number of aliphatic hydroxyl groups is 1. The smallest absolute Gasteiger partial charge is 0.254 e. The molecular formula is C32H29FN8O2S. The molecule has 1 aliphatic carbocycles. The van der Waals surface area contributed by atoms with Crippen LogP contribution in [0.15, 0.2) is 55.0 Å². The number of aryl methyl sites for hydroxylation is 1. The van der Waals surface area contributed by atoms with E-state index in [1.54, 1.807) is 17.0 Å². The van der Waals surface area contributed by atoms with Gasteiger partial charge in [-0.25, -0.2) is 24.3 Å². The van der Waals surface area contributed by atoms with Gasteiger partial charge in [-0.2, -0.15) is 5.26 Å². The number of imidazole rings is 1. The highest BCUT2D eigenvalue weighted by atomic mass is 32.1. The lowest BCUT2D eigenvalue weighted by Crippen LogP contribution is -2.54. The van der Waals surface area contributed by atoms with Crippen LogP contribution < -0.4 is 4.90 Å². The standard InChI is InChI=1S/C32H29FN8O2S/c1-3-24-29(39(2)31-38-28(25(13-34)44-31)20-4-7-23(33)8-5-20)41-18-21(6-9-27(41)37-24)22-14-35-26(36-15-22)12-19-16-40(17-19)30(42)32(43)10-11-32/h4-9,14-15,18-19,43H,3,10-12,16-17H2,1-2H3. The van der Waals surface area contributed by atoms with Crippen molar-refractivity contribution in [2.75, 3.05) is 25.0 Å². The zero-order chi connectivity index (χ0) is 30.6. The van der Waals surface area contributed by atoms with Gasteiger partial charge >= 0.3 is 0 Å². The second-order valence-corrected chi connectivity index (χ2v) is 12.4. The van der Waals surface area contributed by atoms with Gasteiger partial charge in [-0.1, -0.05) is 18.3 Å². The molecule has 1 saturated carbocycles. The number of nitriles is 1. The maximum Gasteiger partial charge on any atom is 0.254 e. The number of fused-ring (bicyclic) bond motifs is 1. The van der Waals surface area contributed by atoms with Crippen molar-refractivity contribution in [3.63, 3.8) is 0 Å². The molecule has 4 aromatic heterocycles. The van der Waals surface area contributed by atoms with Gasteiger partial charge in [0.1, 0.15) is 45.3 Å². The van der Waals surface area contributed by atoms with E-state index in [1.165, 1.54) is 23.5 Å². The van der Waals surface area contributed by atoms with Crippen molar-refractivity contribution in [1.82, 2.24) is 29.2 Å². The second-order valence-electron chi connectivity index (χ2n) is 11.4. The van der Waals surface area contributed by atoms with Crippen LogP contribution in [0.1, 0.15) is 36.2 Å². The minimum absolute atomic E-state index is 0.148. The third-order valence-corrected chi connectivity index (χ3v) is 9.35. The number of hydrogen-bond donors (Lipinski definition) is 1. The van der Waals surface area contributed by atoms with E-state index in [0.717, 1.165) is 34.1 Å². The normalized spacial score (nSPS) is 15.7. The maximum atomic E-state index is 13.5. The molecule has 0 spiro atoms. The SMILES string of the molecule is CCc1nc2ccc(-c3cnc(CC4CN(C(=O)C5(O)CC5)C4)nc3)cn2c1N(C)c1nc(-c2ccc(F)cc2)c(C#N)s1. The monoisotopic (exact) mass is 608 g/mol. The topological polar surface area (TPSA) is 124 Å². The van der Waals surface area contributed by atoms with Crippen LogP contribution in [0.4, 0.5) is 15.3 Å². The van der Waals surface area contributed by atoms with Crippen LogP contribution in [0.3, 0.4) is 0 Å². The Kier molecular flexibility index (Phi) is 6.87. The minimum atomic E-state index is -1.11. The molecule has 0 radical (unpaired) electrons. The third-order valence-electron chi connectivity index (χ3n) is 8.31. The summed E-state index contributed by atoms with van der Waals surface area (Å²) in [7, 11) is 1.90. The van der Waals surface area contributed by atoms with Crippen molar-refractivity contribution in [2.45, 2.75) is 38.2 Å². The molecular weight excluding hydrogens is 579 g/mol. The van der Waals surface area contributed by atoms with Crippen molar-refractivity contribution in [3.05, 3.63) is 77.2 Å². The molecule has 7 rings (SSSR count). The van der Waals surface area contributed by atoms with Crippen LogP contribution in [0.25, 0.3) is 28.0 Å². The van der Waals surface area contributed by atoms with Gasteiger partial charge < -0.3 is 14.9 Å². The zero-order valence-corrected chi connectivity index (χ0v) is 25.1. The minimum Gasteiger partial charge on any atom is -0.380 e. The van der Waals surface area contributed by atoms with Crippen LogP contribution in [0.5, 0.6) is 0 Å². The number of benzene rings is 1. The number of hydrogen-bond acceptors (Lipinski definition) is 9. The van der Waals surface area contributed by atoms with Gasteiger partial charge in [-0.15, -0.1) is 0 Å². The third kappa shape index (κ3) is 4.98. The molecule has 10 nitrogen and oxygen atoms in total. The molecule has 1 amide bonds. The maximum absolute atomic E-state index is 13.5. The van der Waals surface area contributed by atoms with Gasteiger partial charge in [0, 0.05) is 67.8 Å². The molecule has 2 aliphatic rings. The summed E-state index contributed by atoms with van der Waals surface area (Å²) in [5, 5.41) is 20.5. The van der Waals surface area contributed by atoms with E-state index in [-0.39, 0.29) is 17.6 Å². The summed E-state index contributed by atoms with van der Waals surface area (Å²) in [6, 6.07) is 12.2. The van der Waals surface area contributed by atoms with E-state index in [0.29, 0.717) is 60.0 Å². The van der Waals surface area contributed by atoms with Crippen molar-refractivity contribution >= 4 is 33.8 Å². The zero-order valence-electron chi connectivity index (χ0n) is 24.2. The molecule has 5 heterocycles. The number of likely N-dealkylation sites (tertiary alicyclic amines) is 1. The van der Waals surface area contributed by atoms with Crippen molar-refractivity contribution in [1.29, 1.82) is 5.26 Å². The number of carbonyl (C=O) groups excluding carboxylic acids is 1. The first-order valence-electron chi connectivity index (χ1n) is 14.5. The first kappa shape index (κ1) is 28.1. The van der Waals surface area contributed by atoms with Gasteiger partial charge in [-0.3, -0.25) is 9.20 Å². The van der Waals surface area contributed by atoms with Crippen molar-refractivity contribution in [2.24, 2.45) is 5.92 Å². The van der Waals surface area contributed by atoms with Gasteiger partial charge in [0.15, 0.2) is 5.13 Å². The summed E-state index contributed by atoms with van der Waals surface area (Å²) in [6.45, 7) is 3.30. The van der Waals surface area contributed by atoms with Crippen LogP contribution in [0, 0.1) is 23.1 Å². The number of nitrogens with zero attached hydrogens (tertiary/aromatic N) is 8. The Morgan fingerprint density at radius 2 is 1.82 bits per heavy atom. The molecule has 1 aliphatic heterocycles. The van der Waals surface area contributed by atoms with Crippen molar-refractivity contribution in [3.8, 4) is 28.5 Å². The molecule has 1 aromatic carbocycles. The van der Waals surface area contributed by atoms with E-state index < -0.39 is 5.60 Å². The lowest BCUT2D eigenvalue weighted by Gasteiger charge is -2.40. The summed E-state index contributed by atoms with van der Waals surface area (Å²) >= 11 is 1.28. The molecule has 1 saturated heterocycles. The van der Waals surface area contributed by atoms with Crippen LogP contribution in [-0.2, 0) is 17.6 Å². The predicted octanol–water partition coefficient (Wildman–Crippen LogP) is 4.78. The Labute approximate surface area is 257 Å². The van der Waals surface area contributed by atoms with Crippen molar-refractivity contribution < 1.29 is 14.3 Å². The van der Waals surface area contributed by atoms with E-state index in [2.05, 4.69) is 16.0 Å². The average Bonchev–Trinajstić information content (AvgIpc) is 3.46. The fourth-order valence-corrected chi connectivity index (χ4v) is 6.47. The largest absolute Gasteiger partial charge is 0.380 e. The fourth-order valence-electron chi connectivity index (χ4n) is 5.63. The van der Waals surface area contributed by atoms with Crippen LogP contribution in [-0.4, -0.2) is 66.0 Å². The summed E-state index contributed by atoms with van der Waals surface area (Å²) in [5.41, 5.74) is 3.52. The Morgan fingerprint density at radius 1 is 1.11 bits per heavy atom.